The maximum atomic E-state index is 16.8. The summed E-state index contributed by atoms with van der Waals surface area (Å²) in [6.07, 6.45) is 6.76. The summed E-state index contributed by atoms with van der Waals surface area (Å²) in [5.74, 6) is -0.102. The number of hydrogen-bond donors (Lipinski definition) is 2. The zero-order valence-electron chi connectivity index (χ0n) is 25.5. The molecule has 3 fully saturated rings. The Morgan fingerprint density at radius 3 is 2.75 bits per heavy atom. The van der Waals surface area contributed by atoms with Gasteiger partial charge in [0.15, 0.2) is 5.82 Å². The molecule has 232 valence electrons. The third-order valence-corrected chi connectivity index (χ3v) is 9.90. The van der Waals surface area contributed by atoms with E-state index < -0.39 is 17.2 Å². The number of halogens is 2. The lowest BCUT2D eigenvalue weighted by Gasteiger charge is -2.37. The molecule has 3 atom stereocenters. The zero-order valence-corrected chi connectivity index (χ0v) is 25.5. The highest BCUT2D eigenvalue weighted by atomic mass is 19.1. The van der Waals surface area contributed by atoms with Crippen LogP contribution in [0.4, 0.5) is 14.6 Å². The Hall–Kier alpha value is -3.63. The van der Waals surface area contributed by atoms with Crippen LogP contribution in [0.25, 0.3) is 32.9 Å². The SMILES string of the molecule is CCc1c(F)ccc2cc(O)cc(-c3ncc4c(N5CCC[C@@](C)(O)C5)nc(OCC56CC5CCCN(C)C6)nc4c3F)c12. The van der Waals surface area contributed by atoms with Crippen molar-refractivity contribution in [1.29, 1.82) is 0 Å². The molecule has 2 saturated heterocycles. The number of aryl methyl sites for hydroxylation is 1. The van der Waals surface area contributed by atoms with E-state index in [0.717, 1.165) is 25.9 Å². The second-order valence-corrected chi connectivity index (χ2v) is 13.4. The van der Waals surface area contributed by atoms with Crippen molar-refractivity contribution >= 4 is 27.5 Å². The van der Waals surface area contributed by atoms with Crippen LogP contribution in [0.1, 0.15) is 51.5 Å². The van der Waals surface area contributed by atoms with E-state index in [-0.39, 0.29) is 28.4 Å². The summed E-state index contributed by atoms with van der Waals surface area (Å²) in [6.45, 7) is 7.05. The molecule has 0 amide bonds. The van der Waals surface area contributed by atoms with E-state index in [4.69, 9.17) is 9.72 Å². The lowest BCUT2D eigenvalue weighted by molar-refractivity contribution is 0.0447. The van der Waals surface area contributed by atoms with Crippen molar-refractivity contribution in [2.75, 3.05) is 44.7 Å². The number of nitrogens with zero attached hydrogens (tertiary/aromatic N) is 5. The van der Waals surface area contributed by atoms with Gasteiger partial charge in [-0.3, -0.25) is 4.98 Å². The molecule has 2 N–H and O–H groups in total. The number of β-amino-alcohol motifs (C(OH)–C–C–N with tert-alkyl or cyclic N) is 1. The fraction of sp³-hybridized carbons (Fsp3) is 0.500. The van der Waals surface area contributed by atoms with Crippen molar-refractivity contribution in [2.45, 2.75) is 58.0 Å². The van der Waals surface area contributed by atoms with Crippen LogP contribution in [-0.2, 0) is 6.42 Å². The quantitative estimate of drug-likeness (QED) is 0.283. The number of phenols is 1. The minimum absolute atomic E-state index is 0.0359. The summed E-state index contributed by atoms with van der Waals surface area (Å²) in [6, 6.07) is 5.99. The number of aliphatic hydroxyl groups is 1. The van der Waals surface area contributed by atoms with E-state index in [1.807, 2.05) is 11.8 Å². The maximum absolute atomic E-state index is 16.8. The summed E-state index contributed by atoms with van der Waals surface area (Å²) >= 11 is 0. The van der Waals surface area contributed by atoms with Gasteiger partial charge in [0.25, 0.3) is 0 Å². The monoisotopic (exact) mass is 603 g/mol. The second-order valence-electron chi connectivity index (χ2n) is 13.4. The van der Waals surface area contributed by atoms with Gasteiger partial charge < -0.3 is 24.7 Å². The molecule has 0 bridgehead atoms. The van der Waals surface area contributed by atoms with Crippen LogP contribution >= 0.6 is 0 Å². The number of piperidine rings is 1. The Bertz CT molecular complexity index is 1770. The molecule has 7 rings (SSSR count). The second kappa shape index (κ2) is 10.8. The molecule has 8 nitrogen and oxygen atoms in total. The van der Waals surface area contributed by atoms with E-state index in [0.29, 0.717) is 71.6 Å². The highest BCUT2D eigenvalue weighted by Crippen LogP contribution is 2.56. The number of pyridine rings is 1. The van der Waals surface area contributed by atoms with Crippen molar-refractivity contribution in [3.05, 3.63) is 47.7 Å². The van der Waals surface area contributed by atoms with Crippen molar-refractivity contribution in [3.8, 4) is 23.0 Å². The predicted octanol–water partition coefficient (Wildman–Crippen LogP) is 5.85. The molecule has 0 spiro atoms. The summed E-state index contributed by atoms with van der Waals surface area (Å²) in [4.78, 5) is 18.2. The molecule has 0 radical (unpaired) electrons. The number of rotatable bonds is 6. The summed E-state index contributed by atoms with van der Waals surface area (Å²) < 4.78 is 38.0. The number of fused-ring (bicyclic) bond motifs is 3. The Morgan fingerprint density at radius 2 is 1.95 bits per heavy atom. The minimum atomic E-state index is -0.922. The van der Waals surface area contributed by atoms with Crippen molar-refractivity contribution in [2.24, 2.45) is 11.3 Å². The molecular weight excluding hydrogens is 564 g/mol. The number of aromatic hydroxyl groups is 1. The summed E-state index contributed by atoms with van der Waals surface area (Å²) in [5.41, 5.74) is -0.162. The first-order valence-corrected chi connectivity index (χ1v) is 15.7. The van der Waals surface area contributed by atoms with E-state index in [1.54, 1.807) is 19.1 Å². The average Bonchev–Trinajstić information content (AvgIpc) is 3.69. The van der Waals surface area contributed by atoms with Crippen LogP contribution in [0.3, 0.4) is 0 Å². The molecule has 1 aliphatic carbocycles. The van der Waals surface area contributed by atoms with E-state index in [1.165, 1.54) is 31.2 Å². The third-order valence-electron chi connectivity index (χ3n) is 9.90. The van der Waals surface area contributed by atoms with Crippen LogP contribution in [0.15, 0.2) is 30.5 Å². The number of benzene rings is 2. The van der Waals surface area contributed by atoms with Crippen LogP contribution < -0.4 is 9.64 Å². The van der Waals surface area contributed by atoms with E-state index in [2.05, 4.69) is 21.9 Å². The van der Waals surface area contributed by atoms with Crippen LogP contribution in [0, 0.1) is 23.0 Å². The van der Waals surface area contributed by atoms with E-state index in [9.17, 15) is 14.6 Å². The van der Waals surface area contributed by atoms with Gasteiger partial charge in [-0.25, -0.2) is 8.78 Å². The predicted molar refractivity (Wildman–Crippen MR) is 166 cm³/mol. The average molecular weight is 604 g/mol. The summed E-state index contributed by atoms with van der Waals surface area (Å²) in [7, 11) is 2.14. The Balaban J connectivity index is 1.37. The Kier molecular flexibility index (Phi) is 7.12. The molecule has 2 unspecified atom stereocenters. The minimum Gasteiger partial charge on any atom is -0.508 e. The lowest BCUT2D eigenvalue weighted by atomic mass is 9.94. The molecule has 4 aromatic rings. The molecule has 2 aliphatic heterocycles. The van der Waals surface area contributed by atoms with Gasteiger partial charge in [-0.1, -0.05) is 13.0 Å². The number of likely N-dealkylation sites (tertiary alicyclic amines) is 1. The molecule has 3 aliphatic rings. The molecule has 2 aromatic heterocycles. The molecule has 44 heavy (non-hydrogen) atoms. The van der Waals surface area contributed by atoms with Gasteiger partial charge in [-0.15, -0.1) is 0 Å². The van der Waals surface area contributed by atoms with Crippen LogP contribution in [0.5, 0.6) is 11.8 Å². The number of ether oxygens (including phenoxy) is 1. The summed E-state index contributed by atoms with van der Waals surface area (Å²) in [5, 5.41) is 22.9. The van der Waals surface area contributed by atoms with Crippen molar-refractivity contribution < 1.29 is 23.7 Å². The highest BCUT2D eigenvalue weighted by Gasteiger charge is 2.55. The van der Waals surface area contributed by atoms with Gasteiger partial charge in [0, 0.05) is 36.8 Å². The first kappa shape index (κ1) is 29.1. The normalized spacial score (nSPS) is 25.7. The number of anilines is 1. The first-order valence-electron chi connectivity index (χ1n) is 15.7. The number of aromatic nitrogens is 3. The lowest BCUT2D eigenvalue weighted by Crippen LogP contribution is -2.46. The molecule has 2 aromatic carbocycles. The molecule has 10 heteroatoms. The largest absolute Gasteiger partial charge is 0.508 e. The Morgan fingerprint density at radius 1 is 1.11 bits per heavy atom. The standard InChI is InChI=1S/C34H39F2N5O3/c1-4-23-26(35)9-8-20-13-22(42)14-24(27(20)23)29-28(36)30-25(16-37-29)31(41-12-6-10-33(2,43)17-41)39-32(38-30)44-19-34-15-21(34)7-5-11-40(3)18-34/h8-9,13-14,16,21,42-43H,4-7,10-12,15,17-19H2,1-3H3/t21?,33-,34?/m1/s1. The van der Waals surface area contributed by atoms with Gasteiger partial charge in [-0.05, 0) is 99.5 Å². The smallest absolute Gasteiger partial charge is 0.319 e. The fourth-order valence-corrected chi connectivity index (χ4v) is 7.64. The van der Waals surface area contributed by atoms with Gasteiger partial charge >= 0.3 is 6.01 Å². The van der Waals surface area contributed by atoms with Gasteiger partial charge in [0.2, 0.25) is 0 Å². The maximum Gasteiger partial charge on any atom is 0.319 e. The van der Waals surface area contributed by atoms with Crippen molar-refractivity contribution in [3.63, 3.8) is 0 Å². The molecule has 4 heterocycles. The number of hydrogen-bond acceptors (Lipinski definition) is 8. The molecular formula is C34H39F2N5O3. The number of phenolic OH excluding ortho intramolecular Hbond substituents is 1. The van der Waals surface area contributed by atoms with Gasteiger partial charge in [0.1, 0.15) is 28.6 Å². The third kappa shape index (κ3) is 5.11. The van der Waals surface area contributed by atoms with Gasteiger partial charge in [0.05, 0.1) is 17.6 Å². The first-order chi connectivity index (χ1) is 21.1. The highest BCUT2D eigenvalue weighted by molar-refractivity contribution is 6.01. The fourth-order valence-electron chi connectivity index (χ4n) is 7.64. The van der Waals surface area contributed by atoms with Crippen LogP contribution in [0.2, 0.25) is 0 Å². The van der Waals surface area contributed by atoms with Crippen molar-refractivity contribution in [1.82, 2.24) is 19.9 Å². The molecule has 1 saturated carbocycles. The van der Waals surface area contributed by atoms with E-state index >= 15 is 4.39 Å². The van der Waals surface area contributed by atoms with Gasteiger partial charge in [-0.2, -0.15) is 9.97 Å². The zero-order chi connectivity index (χ0) is 30.8. The van der Waals surface area contributed by atoms with Crippen LogP contribution in [-0.4, -0.2) is 75.5 Å². The Labute approximate surface area is 255 Å². The topological polar surface area (TPSA) is 94.8 Å².